The van der Waals surface area contributed by atoms with E-state index < -0.39 is 11.3 Å². The second-order valence-electron chi connectivity index (χ2n) is 6.91. The van der Waals surface area contributed by atoms with Gasteiger partial charge in [0, 0.05) is 11.1 Å². The van der Waals surface area contributed by atoms with Gasteiger partial charge in [0.1, 0.15) is 5.69 Å². The van der Waals surface area contributed by atoms with Gasteiger partial charge in [-0.1, -0.05) is 0 Å². The Bertz CT molecular complexity index is 653. The Kier molecular flexibility index (Phi) is 3.56. The van der Waals surface area contributed by atoms with E-state index >= 15 is 0 Å². The molecular weight excluding hydrogens is 278 g/mol. The van der Waals surface area contributed by atoms with E-state index in [4.69, 9.17) is 10.5 Å². The maximum Gasteiger partial charge on any atom is 0.267 e. The molecule has 3 rings (SSSR count). The van der Waals surface area contributed by atoms with Crippen molar-refractivity contribution in [2.24, 2.45) is 11.7 Å². The van der Waals surface area contributed by atoms with Crippen molar-refractivity contribution in [2.75, 3.05) is 6.61 Å². The summed E-state index contributed by atoms with van der Waals surface area (Å²) in [6.07, 6.45) is 4.59. The molecule has 0 spiro atoms. The van der Waals surface area contributed by atoms with Gasteiger partial charge in [-0.25, -0.2) is 4.98 Å². The number of hydrogen-bond donors (Lipinski definition) is 1. The summed E-state index contributed by atoms with van der Waals surface area (Å²) >= 11 is 0. The third-order valence-corrected chi connectivity index (χ3v) is 4.37. The molecule has 0 aromatic carbocycles. The van der Waals surface area contributed by atoms with Crippen molar-refractivity contribution in [1.82, 2.24) is 4.98 Å². The van der Waals surface area contributed by atoms with Gasteiger partial charge in [-0.2, -0.15) is 5.26 Å². The van der Waals surface area contributed by atoms with Gasteiger partial charge < -0.3 is 10.5 Å². The number of pyridine rings is 1. The van der Waals surface area contributed by atoms with Crippen molar-refractivity contribution in [3.8, 4) is 11.9 Å². The topological polar surface area (TPSA) is 89.0 Å². The maximum atomic E-state index is 11.8. The number of nitrogens with two attached hydrogens (primary N) is 1. The predicted molar refractivity (Wildman–Crippen MR) is 81.6 cm³/mol. The zero-order chi connectivity index (χ0) is 15.9. The minimum absolute atomic E-state index is 0.154. The minimum atomic E-state index is -0.809. The number of ether oxygens (including phenoxy) is 1. The number of amides is 1. The number of aromatic nitrogens is 1. The van der Waals surface area contributed by atoms with Gasteiger partial charge in [-0.15, -0.1) is 0 Å². The molecule has 116 valence electrons. The van der Waals surface area contributed by atoms with Crippen molar-refractivity contribution >= 4 is 5.91 Å². The van der Waals surface area contributed by atoms with Crippen LogP contribution in [0.25, 0.3) is 0 Å². The lowest BCUT2D eigenvalue weighted by Gasteiger charge is -2.21. The molecule has 0 aliphatic heterocycles. The lowest BCUT2D eigenvalue weighted by atomic mass is 9.83. The molecule has 1 heterocycles. The third-order valence-electron chi connectivity index (χ3n) is 4.37. The number of carbonyl (C=O) groups is 1. The largest absolute Gasteiger partial charge is 0.477 e. The lowest BCUT2D eigenvalue weighted by molar-refractivity contribution is 0.0992. The first-order chi connectivity index (χ1) is 10.4. The first kappa shape index (κ1) is 14.8. The number of primary amides is 1. The van der Waals surface area contributed by atoms with Crippen LogP contribution in [0.15, 0.2) is 6.07 Å². The van der Waals surface area contributed by atoms with Gasteiger partial charge in [-0.3, -0.25) is 4.79 Å². The highest BCUT2D eigenvalue weighted by atomic mass is 16.5. The minimum Gasteiger partial charge on any atom is -0.477 e. The molecule has 1 aromatic rings. The Morgan fingerprint density at radius 2 is 2.14 bits per heavy atom. The first-order valence-electron chi connectivity index (χ1n) is 7.81. The van der Waals surface area contributed by atoms with E-state index in [9.17, 15) is 10.1 Å². The molecule has 0 radical (unpaired) electrons. The number of nitrogens with zero attached hydrogens (tertiary/aromatic N) is 2. The summed E-state index contributed by atoms with van der Waals surface area (Å²) in [5, 5.41) is 9.39. The van der Waals surface area contributed by atoms with Crippen LogP contribution in [0, 0.1) is 17.2 Å². The second kappa shape index (κ2) is 5.28. The molecule has 2 N–H and O–H groups in total. The summed E-state index contributed by atoms with van der Waals surface area (Å²) in [6, 6.07) is 4.14. The Morgan fingerprint density at radius 1 is 1.45 bits per heavy atom. The van der Waals surface area contributed by atoms with E-state index in [1.165, 1.54) is 12.8 Å². The molecule has 0 saturated heterocycles. The molecule has 2 aliphatic rings. The van der Waals surface area contributed by atoms with E-state index in [1.807, 2.05) is 6.07 Å². The fraction of sp³-hybridized carbons (Fsp3) is 0.588. The number of carbonyl (C=O) groups excluding carboxylic acids is 1. The fourth-order valence-electron chi connectivity index (χ4n) is 2.52. The molecule has 22 heavy (non-hydrogen) atoms. The SMILES string of the molecule is CC(C)(C#N)c1cc(C2CC2)c(OCC2CC2)nc1C(N)=O. The average Bonchev–Trinajstić information content (AvgIpc) is 3.37. The van der Waals surface area contributed by atoms with E-state index in [0.29, 0.717) is 29.9 Å². The van der Waals surface area contributed by atoms with Gasteiger partial charge >= 0.3 is 0 Å². The molecular formula is C17H21N3O2. The van der Waals surface area contributed by atoms with E-state index in [2.05, 4.69) is 11.1 Å². The van der Waals surface area contributed by atoms with Crippen LogP contribution < -0.4 is 10.5 Å². The standard InChI is InChI=1S/C17H21N3O2/c1-17(2,9-18)13-7-12(11-5-6-11)16(20-14(13)15(19)21)22-8-10-3-4-10/h7,10-11H,3-6,8H2,1-2H3,(H2,19,21). The highest BCUT2D eigenvalue weighted by Gasteiger charge is 2.34. The first-order valence-corrected chi connectivity index (χ1v) is 7.81. The number of hydrogen-bond acceptors (Lipinski definition) is 4. The maximum absolute atomic E-state index is 11.8. The summed E-state index contributed by atoms with van der Waals surface area (Å²) in [4.78, 5) is 16.2. The predicted octanol–water partition coefficient (Wildman–Crippen LogP) is 2.65. The van der Waals surface area contributed by atoms with Crippen LogP contribution >= 0.6 is 0 Å². The van der Waals surface area contributed by atoms with Crippen molar-refractivity contribution in [3.63, 3.8) is 0 Å². The number of nitriles is 1. The highest BCUT2D eigenvalue weighted by Crippen LogP contribution is 2.45. The third kappa shape index (κ3) is 2.92. The highest BCUT2D eigenvalue weighted by molar-refractivity contribution is 5.93. The van der Waals surface area contributed by atoms with E-state index in [0.717, 1.165) is 18.4 Å². The molecule has 1 amide bonds. The van der Waals surface area contributed by atoms with Crippen molar-refractivity contribution in [2.45, 2.75) is 50.9 Å². The van der Waals surface area contributed by atoms with Gasteiger partial charge in [0.2, 0.25) is 5.88 Å². The fourth-order valence-corrected chi connectivity index (χ4v) is 2.52. The van der Waals surface area contributed by atoms with Gasteiger partial charge in [0.25, 0.3) is 5.91 Å². The molecule has 2 aliphatic carbocycles. The Balaban J connectivity index is 2.04. The Morgan fingerprint density at radius 3 is 2.64 bits per heavy atom. The second-order valence-corrected chi connectivity index (χ2v) is 6.91. The number of rotatable bonds is 6. The Labute approximate surface area is 130 Å². The van der Waals surface area contributed by atoms with Crippen molar-refractivity contribution < 1.29 is 9.53 Å². The van der Waals surface area contributed by atoms with E-state index in [1.54, 1.807) is 13.8 Å². The normalized spacial score (nSPS) is 17.9. The quantitative estimate of drug-likeness (QED) is 0.874. The molecule has 5 heteroatoms. The van der Waals surface area contributed by atoms with Crippen LogP contribution in [0.5, 0.6) is 5.88 Å². The molecule has 1 aromatic heterocycles. The van der Waals surface area contributed by atoms with Gasteiger partial charge in [0.05, 0.1) is 18.1 Å². The van der Waals surface area contributed by atoms with Crippen LogP contribution in [0.1, 0.15) is 67.1 Å². The molecule has 0 atom stereocenters. The zero-order valence-electron chi connectivity index (χ0n) is 13.1. The monoisotopic (exact) mass is 299 g/mol. The zero-order valence-corrected chi connectivity index (χ0v) is 13.1. The van der Waals surface area contributed by atoms with E-state index in [-0.39, 0.29) is 5.69 Å². The van der Waals surface area contributed by atoms with Crippen LogP contribution in [-0.2, 0) is 5.41 Å². The van der Waals surface area contributed by atoms with Crippen LogP contribution in [0.4, 0.5) is 0 Å². The molecule has 2 saturated carbocycles. The summed E-state index contributed by atoms with van der Waals surface area (Å²) in [5.41, 5.74) is 6.44. The van der Waals surface area contributed by atoms with Crippen molar-refractivity contribution in [3.05, 3.63) is 22.9 Å². The summed E-state index contributed by atoms with van der Waals surface area (Å²) in [7, 11) is 0. The van der Waals surface area contributed by atoms with Crippen LogP contribution in [0.3, 0.4) is 0 Å². The van der Waals surface area contributed by atoms with Crippen LogP contribution in [0.2, 0.25) is 0 Å². The Hall–Kier alpha value is -2.09. The van der Waals surface area contributed by atoms with Crippen LogP contribution in [-0.4, -0.2) is 17.5 Å². The van der Waals surface area contributed by atoms with Crippen molar-refractivity contribution in [1.29, 1.82) is 5.26 Å². The molecule has 0 bridgehead atoms. The van der Waals surface area contributed by atoms with Gasteiger partial charge in [-0.05, 0) is 57.4 Å². The van der Waals surface area contributed by atoms with Gasteiger partial charge in [0.15, 0.2) is 0 Å². The molecule has 2 fully saturated rings. The smallest absolute Gasteiger partial charge is 0.267 e. The summed E-state index contributed by atoms with van der Waals surface area (Å²) in [6.45, 7) is 4.20. The molecule has 0 unspecified atom stereocenters. The summed E-state index contributed by atoms with van der Waals surface area (Å²) in [5.74, 6) is 0.954. The average molecular weight is 299 g/mol. The molecule has 5 nitrogen and oxygen atoms in total. The summed E-state index contributed by atoms with van der Waals surface area (Å²) < 4.78 is 5.85. The lowest BCUT2D eigenvalue weighted by Crippen LogP contribution is -2.25.